The standard InChI is InChI=1S/C23H24ClN3O2/c1-16-6-4-7-17(14-16)8-5-9-19(28)15-26-23(29)27(18-12-13-18)22(25-26)20-10-2-3-11-21(20)24/h2-4,6-7,10-11,14,18H,5,8-9,12-13,15H2,1H3. The van der Waals surface area contributed by atoms with Gasteiger partial charge >= 0.3 is 5.69 Å². The van der Waals surface area contributed by atoms with E-state index in [1.165, 1.54) is 15.8 Å². The van der Waals surface area contributed by atoms with Crippen molar-refractivity contribution < 1.29 is 4.79 Å². The van der Waals surface area contributed by atoms with Crippen LogP contribution in [-0.4, -0.2) is 20.1 Å². The first-order valence-electron chi connectivity index (χ1n) is 10.0. The largest absolute Gasteiger partial charge is 0.346 e. The minimum absolute atomic E-state index is 0.00379. The van der Waals surface area contributed by atoms with Crippen molar-refractivity contribution in [1.29, 1.82) is 0 Å². The van der Waals surface area contributed by atoms with E-state index in [0.717, 1.165) is 31.2 Å². The van der Waals surface area contributed by atoms with Gasteiger partial charge in [0.15, 0.2) is 11.6 Å². The fourth-order valence-corrected chi connectivity index (χ4v) is 3.83. The molecule has 0 amide bonds. The third-order valence-corrected chi connectivity index (χ3v) is 5.56. The summed E-state index contributed by atoms with van der Waals surface area (Å²) in [4.78, 5) is 25.4. The first-order chi connectivity index (χ1) is 14.0. The van der Waals surface area contributed by atoms with Crippen LogP contribution in [0.15, 0.2) is 53.3 Å². The lowest BCUT2D eigenvalue weighted by molar-refractivity contribution is -0.119. The van der Waals surface area contributed by atoms with E-state index in [-0.39, 0.29) is 24.1 Å². The Labute approximate surface area is 174 Å². The van der Waals surface area contributed by atoms with Gasteiger partial charge < -0.3 is 0 Å². The molecular weight excluding hydrogens is 386 g/mol. The molecule has 0 N–H and O–H groups in total. The predicted molar refractivity (Wildman–Crippen MR) is 114 cm³/mol. The molecular formula is C23H24ClN3O2. The van der Waals surface area contributed by atoms with Crippen LogP contribution in [0.2, 0.25) is 5.02 Å². The molecule has 0 spiro atoms. The fraction of sp³-hybridized carbons (Fsp3) is 0.348. The number of nitrogens with zero attached hydrogens (tertiary/aromatic N) is 3. The van der Waals surface area contributed by atoms with Crippen LogP contribution in [0.4, 0.5) is 0 Å². The average molecular weight is 410 g/mol. The predicted octanol–water partition coefficient (Wildman–Crippen LogP) is 4.60. The second-order valence-corrected chi connectivity index (χ2v) is 8.13. The summed E-state index contributed by atoms with van der Waals surface area (Å²) in [6, 6.07) is 15.8. The van der Waals surface area contributed by atoms with Gasteiger partial charge in [-0.1, -0.05) is 53.6 Å². The van der Waals surface area contributed by atoms with Gasteiger partial charge in [-0.3, -0.25) is 9.36 Å². The molecule has 150 valence electrons. The molecule has 0 unspecified atom stereocenters. The zero-order chi connectivity index (χ0) is 20.4. The molecule has 5 nitrogen and oxygen atoms in total. The Morgan fingerprint density at radius 2 is 1.97 bits per heavy atom. The molecule has 1 saturated carbocycles. The summed E-state index contributed by atoms with van der Waals surface area (Å²) in [6.45, 7) is 2.07. The van der Waals surface area contributed by atoms with Crippen LogP contribution in [0.5, 0.6) is 0 Å². The fourth-order valence-electron chi connectivity index (χ4n) is 3.61. The molecule has 0 atom stereocenters. The second kappa shape index (κ2) is 8.37. The Morgan fingerprint density at radius 1 is 1.17 bits per heavy atom. The van der Waals surface area contributed by atoms with Crippen LogP contribution >= 0.6 is 11.6 Å². The monoisotopic (exact) mass is 409 g/mol. The maximum Gasteiger partial charge on any atom is 0.346 e. The summed E-state index contributed by atoms with van der Waals surface area (Å²) >= 11 is 6.33. The number of carbonyl (C=O) groups excluding carboxylic acids is 1. The smallest absolute Gasteiger partial charge is 0.298 e. The van der Waals surface area contributed by atoms with Crippen LogP contribution in [0.3, 0.4) is 0 Å². The molecule has 1 aliphatic carbocycles. The first kappa shape index (κ1) is 19.6. The van der Waals surface area contributed by atoms with E-state index in [1.54, 1.807) is 10.6 Å². The third kappa shape index (κ3) is 4.51. The number of benzene rings is 2. The number of rotatable bonds is 8. The van der Waals surface area contributed by atoms with E-state index < -0.39 is 0 Å². The molecule has 0 radical (unpaired) electrons. The maximum absolute atomic E-state index is 12.9. The lowest BCUT2D eigenvalue weighted by Gasteiger charge is -2.04. The first-order valence-corrected chi connectivity index (χ1v) is 10.4. The van der Waals surface area contributed by atoms with Gasteiger partial charge in [0.1, 0.15) is 6.54 Å². The van der Waals surface area contributed by atoms with E-state index in [9.17, 15) is 9.59 Å². The summed E-state index contributed by atoms with van der Waals surface area (Å²) in [5.41, 5.74) is 2.95. The summed E-state index contributed by atoms with van der Waals surface area (Å²) in [7, 11) is 0. The molecule has 6 heteroatoms. The Morgan fingerprint density at radius 3 is 2.69 bits per heavy atom. The van der Waals surface area contributed by atoms with Crippen molar-refractivity contribution in [2.75, 3.05) is 0 Å². The highest BCUT2D eigenvalue weighted by molar-refractivity contribution is 6.33. The maximum atomic E-state index is 12.9. The van der Waals surface area contributed by atoms with Gasteiger partial charge in [0.2, 0.25) is 0 Å². The Kier molecular flexibility index (Phi) is 5.67. The van der Waals surface area contributed by atoms with Crippen LogP contribution in [0.1, 0.15) is 42.9 Å². The molecule has 3 aromatic rings. The second-order valence-electron chi connectivity index (χ2n) is 7.73. The number of halogens is 1. The number of Topliss-reactive ketones (excluding diaryl/α,β-unsaturated/α-hetero) is 1. The Bertz CT molecular complexity index is 1100. The minimum Gasteiger partial charge on any atom is -0.298 e. The zero-order valence-corrected chi connectivity index (χ0v) is 17.2. The number of aromatic nitrogens is 3. The van der Waals surface area contributed by atoms with Gasteiger partial charge in [0.25, 0.3) is 0 Å². The van der Waals surface area contributed by atoms with Crippen LogP contribution in [-0.2, 0) is 17.8 Å². The lowest BCUT2D eigenvalue weighted by Crippen LogP contribution is -2.27. The Hall–Kier alpha value is -2.66. The van der Waals surface area contributed by atoms with Crippen molar-refractivity contribution >= 4 is 17.4 Å². The van der Waals surface area contributed by atoms with Crippen molar-refractivity contribution in [2.45, 2.75) is 51.6 Å². The van der Waals surface area contributed by atoms with E-state index in [0.29, 0.717) is 17.3 Å². The summed E-state index contributed by atoms with van der Waals surface area (Å²) < 4.78 is 2.99. The van der Waals surface area contributed by atoms with E-state index in [4.69, 9.17) is 11.6 Å². The lowest BCUT2D eigenvalue weighted by atomic mass is 10.0. The summed E-state index contributed by atoms with van der Waals surface area (Å²) in [6.07, 6.45) is 3.94. The molecule has 2 aromatic carbocycles. The van der Waals surface area contributed by atoms with Gasteiger partial charge in [0.05, 0.1) is 5.02 Å². The highest BCUT2D eigenvalue weighted by Gasteiger charge is 2.31. The normalized spacial score (nSPS) is 13.6. The van der Waals surface area contributed by atoms with E-state index >= 15 is 0 Å². The molecule has 0 aliphatic heterocycles. The van der Waals surface area contributed by atoms with Crippen molar-refractivity contribution in [3.8, 4) is 11.4 Å². The number of hydrogen-bond donors (Lipinski definition) is 0. The van der Waals surface area contributed by atoms with Crippen molar-refractivity contribution in [3.63, 3.8) is 0 Å². The van der Waals surface area contributed by atoms with Crippen molar-refractivity contribution in [1.82, 2.24) is 14.3 Å². The Balaban J connectivity index is 1.47. The van der Waals surface area contributed by atoms with Gasteiger partial charge in [-0.25, -0.2) is 9.48 Å². The third-order valence-electron chi connectivity index (χ3n) is 5.23. The van der Waals surface area contributed by atoms with E-state index in [1.807, 2.05) is 24.3 Å². The van der Waals surface area contributed by atoms with Crippen LogP contribution in [0.25, 0.3) is 11.4 Å². The van der Waals surface area contributed by atoms with E-state index in [2.05, 4.69) is 30.2 Å². The minimum atomic E-state index is -0.227. The molecule has 1 heterocycles. The quantitative estimate of drug-likeness (QED) is 0.546. The van der Waals surface area contributed by atoms with Gasteiger partial charge in [0, 0.05) is 18.0 Å². The molecule has 1 aromatic heterocycles. The van der Waals surface area contributed by atoms with Crippen molar-refractivity contribution in [3.05, 3.63) is 75.2 Å². The number of carbonyl (C=O) groups is 1. The molecule has 1 fully saturated rings. The summed E-state index contributed by atoms with van der Waals surface area (Å²) in [5.74, 6) is 0.571. The SMILES string of the molecule is Cc1cccc(CCCC(=O)Cn2nc(-c3ccccc3Cl)n(C3CC3)c2=O)c1. The number of hydrogen-bond acceptors (Lipinski definition) is 3. The van der Waals surface area contributed by atoms with Gasteiger partial charge in [-0.05, 0) is 50.3 Å². The molecule has 1 aliphatic rings. The highest BCUT2D eigenvalue weighted by atomic mass is 35.5. The van der Waals surface area contributed by atoms with Gasteiger partial charge in [-0.15, -0.1) is 5.10 Å². The van der Waals surface area contributed by atoms with Gasteiger partial charge in [-0.2, -0.15) is 0 Å². The molecule has 4 rings (SSSR count). The van der Waals surface area contributed by atoms with Crippen molar-refractivity contribution in [2.24, 2.45) is 0 Å². The highest BCUT2D eigenvalue weighted by Crippen LogP contribution is 2.37. The average Bonchev–Trinajstić information content (AvgIpc) is 3.47. The van der Waals surface area contributed by atoms with Crippen LogP contribution < -0.4 is 5.69 Å². The van der Waals surface area contributed by atoms with Crippen LogP contribution in [0, 0.1) is 6.92 Å². The zero-order valence-electron chi connectivity index (χ0n) is 16.5. The molecule has 0 saturated heterocycles. The number of ketones is 1. The summed E-state index contributed by atoms with van der Waals surface area (Å²) in [5, 5.41) is 5.03. The molecule has 29 heavy (non-hydrogen) atoms. The molecule has 0 bridgehead atoms. The topological polar surface area (TPSA) is 56.9 Å². The number of aryl methyl sites for hydroxylation is 2.